The first kappa shape index (κ1) is 15.3. The molecular weight excluding hydrogens is 254 g/mol. The van der Waals surface area contributed by atoms with Crippen LogP contribution in [-0.4, -0.2) is 42.9 Å². The maximum Gasteiger partial charge on any atom is 0.227 e. The lowest BCUT2D eigenvalue weighted by atomic mass is 9.84. The van der Waals surface area contributed by atoms with Crippen molar-refractivity contribution < 1.29 is 9.59 Å². The minimum atomic E-state index is -0.417. The number of carbonyl (C=O) groups excluding carboxylic acids is 2. The van der Waals surface area contributed by atoms with E-state index in [4.69, 9.17) is 5.73 Å². The van der Waals surface area contributed by atoms with Crippen molar-refractivity contribution in [1.82, 2.24) is 10.2 Å². The highest BCUT2D eigenvalue weighted by molar-refractivity contribution is 5.84. The second kappa shape index (κ2) is 6.12. The monoisotopic (exact) mass is 281 g/mol. The van der Waals surface area contributed by atoms with Gasteiger partial charge in [-0.05, 0) is 44.9 Å². The van der Waals surface area contributed by atoms with E-state index in [1.807, 2.05) is 11.8 Å². The molecule has 20 heavy (non-hydrogen) atoms. The van der Waals surface area contributed by atoms with Crippen LogP contribution in [0.2, 0.25) is 0 Å². The standard InChI is InChI=1S/C15H27N3O2/c1-15(14(20)17-2)7-8-18(10-15)13(19)9-11-3-5-12(16)6-4-11/h11-12H,3-10,16H2,1-2H3,(H,17,20). The van der Waals surface area contributed by atoms with Crippen LogP contribution >= 0.6 is 0 Å². The molecule has 1 aliphatic carbocycles. The van der Waals surface area contributed by atoms with E-state index in [-0.39, 0.29) is 11.8 Å². The lowest BCUT2D eigenvalue weighted by molar-refractivity contribution is -0.133. The SMILES string of the molecule is CNC(=O)C1(C)CCN(C(=O)CC2CCC(N)CC2)C1. The molecule has 1 saturated heterocycles. The average Bonchev–Trinajstić information content (AvgIpc) is 2.84. The number of nitrogens with two attached hydrogens (primary N) is 1. The van der Waals surface area contributed by atoms with Gasteiger partial charge in [0.15, 0.2) is 0 Å². The maximum absolute atomic E-state index is 12.4. The summed E-state index contributed by atoms with van der Waals surface area (Å²) in [6.07, 6.45) is 5.58. The zero-order valence-electron chi connectivity index (χ0n) is 12.7. The second-order valence-corrected chi connectivity index (χ2v) is 6.69. The van der Waals surface area contributed by atoms with Crippen molar-refractivity contribution in [2.75, 3.05) is 20.1 Å². The Balaban J connectivity index is 1.84. The summed E-state index contributed by atoms with van der Waals surface area (Å²) in [5, 5.41) is 2.70. The third-order valence-corrected chi connectivity index (χ3v) is 4.96. The van der Waals surface area contributed by atoms with Crippen LogP contribution in [-0.2, 0) is 9.59 Å². The highest BCUT2D eigenvalue weighted by atomic mass is 16.2. The normalized spacial score (nSPS) is 34.0. The Labute approximate surface area is 121 Å². The van der Waals surface area contributed by atoms with Crippen LogP contribution in [0.15, 0.2) is 0 Å². The van der Waals surface area contributed by atoms with Crippen LogP contribution in [0.25, 0.3) is 0 Å². The Bertz CT molecular complexity index is 377. The fourth-order valence-corrected chi connectivity index (χ4v) is 3.43. The predicted molar refractivity (Wildman–Crippen MR) is 77.9 cm³/mol. The largest absolute Gasteiger partial charge is 0.359 e. The van der Waals surface area contributed by atoms with Gasteiger partial charge in [0.2, 0.25) is 11.8 Å². The van der Waals surface area contributed by atoms with Crippen LogP contribution < -0.4 is 11.1 Å². The van der Waals surface area contributed by atoms with Crippen molar-refractivity contribution in [3.63, 3.8) is 0 Å². The smallest absolute Gasteiger partial charge is 0.227 e. The van der Waals surface area contributed by atoms with Crippen LogP contribution in [0.5, 0.6) is 0 Å². The molecule has 0 radical (unpaired) electrons. The van der Waals surface area contributed by atoms with Crippen LogP contribution in [0, 0.1) is 11.3 Å². The molecule has 2 amide bonds. The Morgan fingerprint density at radius 2 is 1.95 bits per heavy atom. The van der Waals surface area contributed by atoms with E-state index >= 15 is 0 Å². The van der Waals surface area contributed by atoms with Crippen molar-refractivity contribution in [3.8, 4) is 0 Å². The lowest BCUT2D eigenvalue weighted by Crippen LogP contribution is -2.40. The molecule has 5 heteroatoms. The molecule has 0 aromatic heterocycles. The molecule has 1 atom stereocenters. The maximum atomic E-state index is 12.4. The van der Waals surface area contributed by atoms with Crippen molar-refractivity contribution >= 4 is 11.8 Å². The number of amides is 2. The van der Waals surface area contributed by atoms with Gasteiger partial charge in [0.25, 0.3) is 0 Å². The Hall–Kier alpha value is -1.10. The molecule has 2 aliphatic rings. The summed E-state index contributed by atoms with van der Waals surface area (Å²) in [5.74, 6) is 0.726. The molecule has 0 aromatic carbocycles. The van der Waals surface area contributed by atoms with Crippen LogP contribution in [0.1, 0.15) is 45.4 Å². The summed E-state index contributed by atoms with van der Waals surface area (Å²) in [6, 6.07) is 0.324. The first-order valence-corrected chi connectivity index (χ1v) is 7.70. The molecule has 1 saturated carbocycles. The number of nitrogens with zero attached hydrogens (tertiary/aromatic N) is 1. The predicted octanol–water partition coefficient (Wildman–Crippen LogP) is 0.879. The molecule has 0 bridgehead atoms. The Morgan fingerprint density at radius 3 is 2.55 bits per heavy atom. The van der Waals surface area contributed by atoms with Crippen molar-refractivity contribution in [2.45, 2.75) is 51.5 Å². The summed E-state index contributed by atoms with van der Waals surface area (Å²) >= 11 is 0. The van der Waals surface area contributed by atoms with Crippen LogP contribution in [0.4, 0.5) is 0 Å². The van der Waals surface area contributed by atoms with Gasteiger partial charge in [0, 0.05) is 32.6 Å². The summed E-state index contributed by atoms with van der Waals surface area (Å²) in [5.41, 5.74) is 5.48. The van der Waals surface area contributed by atoms with E-state index in [1.165, 1.54) is 0 Å². The first-order valence-electron chi connectivity index (χ1n) is 7.70. The molecule has 3 N–H and O–H groups in total. The zero-order valence-corrected chi connectivity index (χ0v) is 12.7. The summed E-state index contributed by atoms with van der Waals surface area (Å²) < 4.78 is 0. The van der Waals surface area contributed by atoms with E-state index in [1.54, 1.807) is 7.05 Å². The molecule has 0 aromatic rings. The number of hydrogen-bond donors (Lipinski definition) is 2. The third kappa shape index (κ3) is 3.32. The minimum Gasteiger partial charge on any atom is -0.359 e. The van der Waals surface area contributed by atoms with Gasteiger partial charge >= 0.3 is 0 Å². The van der Waals surface area contributed by atoms with E-state index in [0.717, 1.165) is 32.1 Å². The molecule has 114 valence electrons. The van der Waals surface area contributed by atoms with Gasteiger partial charge < -0.3 is 16.0 Å². The Morgan fingerprint density at radius 1 is 1.30 bits per heavy atom. The molecular formula is C15H27N3O2. The van der Waals surface area contributed by atoms with E-state index < -0.39 is 5.41 Å². The van der Waals surface area contributed by atoms with E-state index in [2.05, 4.69) is 5.32 Å². The number of nitrogens with one attached hydrogen (secondary N) is 1. The van der Waals surface area contributed by atoms with Gasteiger partial charge in [-0.3, -0.25) is 9.59 Å². The highest BCUT2D eigenvalue weighted by Gasteiger charge is 2.41. The molecule has 1 unspecified atom stereocenters. The van der Waals surface area contributed by atoms with Gasteiger partial charge in [-0.2, -0.15) is 0 Å². The summed E-state index contributed by atoms with van der Waals surface area (Å²) in [6.45, 7) is 3.20. The third-order valence-electron chi connectivity index (χ3n) is 4.96. The van der Waals surface area contributed by atoms with Gasteiger partial charge in [-0.1, -0.05) is 0 Å². The fraction of sp³-hybridized carbons (Fsp3) is 0.867. The van der Waals surface area contributed by atoms with Crippen molar-refractivity contribution in [3.05, 3.63) is 0 Å². The molecule has 2 fully saturated rings. The zero-order chi connectivity index (χ0) is 14.8. The Kier molecular flexibility index (Phi) is 4.68. The van der Waals surface area contributed by atoms with Crippen LogP contribution in [0.3, 0.4) is 0 Å². The fourth-order valence-electron chi connectivity index (χ4n) is 3.43. The molecule has 1 heterocycles. The van der Waals surface area contributed by atoms with Gasteiger partial charge in [-0.15, -0.1) is 0 Å². The van der Waals surface area contributed by atoms with Crippen molar-refractivity contribution in [2.24, 2.45) is 17.1 Å². The first-order chi connectivity index (χ1) is 9.44. The van der Waals surface area contributed by atoms with Gasteiger partial charge in [0.05, 0.1) is 5.41 Å². The van der Waals surface area contributed by atoms with E-state index in [0.29, 0.717) is 31.5 Å². The lowest BCUT2D eigenvalue weighted by Gasteiger charge is -2.28. The number of likely N-dealkylation sites (tertiary alicyclic amines) is 1. The molecule has 0 spiro atoms. The molecule has 5 nitrogen and oxygen atoms in total. The average molecular weight is 281 g/mol. The number of rotatable bonds is 3. The summed E-state index contributed by atoms with van der Waals surface area (Å²) in [4.78, 5) is 26.1. The number of hydrogen-bond acceptors (Lipinski definition) is 3. The quantitative estimate of drug-likeness (QED) is 0.806. The summed E-state index contributed by atoms with van der Waals surface area (Å²) in [7, 11) is 1.66. The topological polar surface area (TPSA) is 75.4 Å². The number of carbonyl (C=O) groups is 2. The highest BCUT2D eigenvalue weighted by Crippen LogP contribution is 2.32. The molecule has 2 rings (SSSR count). The van der Waals surface area contributed by atoms with Crippen molar-refractivity contribution in [1.29, 1.82) is 0 Å². The second-order valence-electron chi connectivity index (χ2n) is 6.69. The van der Waals surface area contributed by atoms with Gasteiger partial charge in [-0.25, -0.2) is 0 Å². The van der Waals surface area contributed by atoms with Gasteiger partial charge in [0.1, 0.15) is 0 Å². The van der Waals surface area contributed by atoms with E-state index in [9.17, 15) is 9.59 Å². The molecule has 1 aliphatic heterocycles. The minimum absolute atomic E-state index is 0.0384.